The SMILES string of the molecule is CCOC(=O)Cc1csc(NN=Cc2cccc(Oc3ccc([N+](=O)[O-])cc3[N+](=O)[O-])c2)n1. The first-order valence-corrected chi connectivity index (χ1v) is 10.3. The molecule has 0 atom stereocenters. The summed E-state index contributed by atoms with van der Waals surface area (Å²) >= 11 is 1.28. The molecule has 0 spiro atoms. The molecule has 13 heteroatoms. The molecular formula is C20H17N5O7S. The van der Waals surface area contributed by atoms with E-state index in [1.807, 2.05) is 0 Å². The van der Waals surface area contributed by atoms with Crippen LogP contribution < -0.4 is 10.2 Å². The smallest absolute Gasteiger partial charge is 0.318 e. The summed E-state index contributed by atoms with van der Waals surface area (Å²) in [6.07, 6.45) is 1.56. The molecule has 0 aliphatic heterocycles. The Bertz CT molecular complexity index is 1210. The molecule has 1 N–H and O–H groups in total. The van der Waals surface area contributed by atoms with Crippen LogP contribution >= 0.6 is 11.3 Å². The van der Waals surface area contributed by atoms with Crippen molar-refractivity contribution >= 4 is 40.0 Å². The van der Waals surface area contributed by atoms with Gasteiger partial charge in [0.25, 0.3) is 5.69 Å². The number of anilines is 1. The molecule has 0 saturated carbocycles. The van der Waals surface area contributed by atoms with Crippen LogP contribution in [0.1, 0.15) is 18.2 Å². The number of hydrogen-bond acceptors (Lipinski definition) is 11. The molecule has 0 bridgehead atoms. The zero-order valence-electron chi connectivity index (χ0n) is 17.2. The van der Waals surface area contributed by atoms with Gasteiger partial charge in [0.2, 0.25) is 10.9 Å². The maximum atomic E-state index is 11.5. The minimum absolute atomic E-state index is 0.0733. The molecule has 0 fully saturated rings. The monoisotopic (exact) mass is 471 g/mol. The fourth-order valence-corrected chi connectivity index (χ4v) is 3.25. The standard InChI is InChI=1S/C20H17N5O7S/c1-2-31-19(26)9-14-12-33-20(22-14)23-21-11-13-4-3-5-16(8-13)32-18-7-6-15(24(27)28)10-17(18)25(29)30/h3-8,10-12H,2,9H2,1H3,(H,22,23). The van der Waals surface area contributed by atoms with Crippen LogP contribution in [0.5, 0.6) is 11.5 Å². The Kier molecular flexibility index (Phi) is 7.60. The fraction of sp³-hybridized carbons (Fsp3) is 0.150. The van der Waals surface area contributed by atoms with Gasteiger partial charge in [-0.05, 0) is 30.7 Å². The number of hydrogen-bond donors (Lipinski definition) is 1. The third kappa shape index (κ3) is 6.54. The molecule has 3 aromatic rings. The van der Waals surface area contributed by atoms with Gasteiger partial charge < -0.3 is 9.47 Å². The number of nitro groups is 2. The van der Waals surface area contributed by atoms with Crippen molar-refractivity contribution in [2.75, 3.05) is 12.0 Å². The van der Waals surface area contributed by atoms with Crippen LogP contribution in [0, 0.1) is 20.2 Å². The zero-order valence-corrected chi connectivity index (χ0v) is 18.0. The Morgan fingerprint density at radius 3 is 2.76 bits per heavy atom. The number of hydrazone groups is 1. The van der Waals surface area contributed by atoms with Crippen molar-refractivity contribution in [2.45, 2.75) is 13.3 Å². The van der Waals surface area contributed by atoms with E-state index in [0.717, 1.165) is 12.1 Å². The number of carbonyl (C=O) groups is 1. The van der Waals surface area contributed by atoms with Gasteiger partial charge in [-0.2, -0.15) is 5.10 Å². The number of esters is 1. The largest absolute Gasteiger partial charge is 0.466 e. The van der Waals surface area contributed by atoms with Crippen molar-refractivity contribution in [2.24, 2.45) is 5.10 Å². The lowest BCUT2D eigenvalue weighted by molar-refractivity contribution is -0.394. The highest BCUT2D eigenvalue weighted by Gasteiger charge is 2.21. The van der Waals surface area contributed by atoms with Gasteiger partial charge in [-0.3, -0.25) is 30.4 Å². The van der Waals surface area contributed by atoms with Gasteiger partial charge in [0.1, 0.15) is 5.75 Å². The number of benzene rings is 2. The molecule has 33 heavy (non-hydrogen) atoms. The molecule has 0 saturated heterocycles. The number of rotatable bonds is 10. The molecule has 0 unspecified atom stereocenters. The average molecular weight is 471 g/mol. The van der Waals surface area contributed by atoms with E-state index < -0.39 is 21.2 Å². The molecule has 0 amide bonds. The molecule has 0 aliphatic rings. The van der Waals surface area contributed by atoms with Gasteiger partial charge >= 0.3 is 11.7 Å². The summed E-state index contributed by atoms with van der Waals surface area (Å²) in [6, 6.07) is 9.71. The molecule has 1 aromatic heterocycles. The van der Waals surface area contributed by atoms with Gasteiger partial charge in [-0.25, -0.2) is 4.98 Å². The van der Waals surface area contributed by atoms with Crippen LogP contribution in [0.2, 0.25) is 0 Å². The summed E-state index contributed by atoms with van der Waals surface area (Å²) in [5.41, 5.74) is 3.01. The van der Waals surface area contributed by atoms with Gasteiger partial charge in [0.05, 0.1) is 40.8 Å². The second kappa shape index (κ2) is 10.8. The summed E-state index contributed by atoms with van der Waals surface area (Å²) < 4.78 is 10.5. The number of non-ortho nitro benzene ring substituents is 1. The lowest BCUT2D eigenvalue weighted by Gasteiger charge is -2.07. The van der Waals surface area contributed by atoms with Gasteiger partial charge in [0, 0.05) is 11.4 Å². The number of thiazole rings is 1. The van der Waals surface area contributed by atoms with Crippen molar-refractivity contribution < 1.29 is 24.1 Å². The van der Waals surface area contributed by atoms with Crippen LogP contribution in [0.4, 0.5) is 16.5 Å². The Hall–Kier alpha value is -4.39. The number of nitro benzene ring substituents is 2. The van der Waals surface area contributed by atoms with Crippen molar-refractivity contribution in [3.63, 3.8) is 0 Å². The highest BCUT2D eigenvalue weighted by Crippen LogP contribution is 2.34. The highest BCUT2D eigenvalue weighted by molar-refractivity contribution is 7.13. The number of nitrogens with one attached hydrogen (secondary N) is 1. The Morgan fingerprint density at radius 2 is 2.03 bits per heavy atom. The molecule has 0 radical (unpaired) electrons. The van der Waals surface area contributed by atoms with E-state index >= 15 is 0 Å². The third-order valence-electron chi connectivity index (χ3n) is 3.99. The topological polar surface area (TPSA) is 159 Å². The molecule has 170 valence electrons. The van der Waals surface area contributed by atoms with E-state index in [9.17, 15) is 25.0 Å². The Balaban J connectivity index is 1.66. The van der Waals surface area contributed by atoms with E-state index in [4.69, 9.17) is 9.47 Å². The fourth-order valence-electron chi connectivity index (χ4n) is 2.60. The van der Waals surface area contributed by atoms with Crippen LogP contribution in [0.15, 0.2) is 52.9 Å². The predicted octanol–water partition coefficient (Wildman–Crippen LogP) is 4.30. The van der Waals surface area contributed by atoms with E-state index in [0.29, 0.717) is 23.0 Å². The minimum Gasteiger partial charge on any atom is -0.466 e. The normalized spacial score (nSPS) is 10.7. The number of carbonyl (C=O) groups excluding carboxylic acids is 1. The summed E-state index contributed by atoms with van der Waals surface area (Å²) in [6.45, 7) is 2.03. The average Bonchev–Trinajstić information content (AvgIpc) is 3.21. The van der Waals surface area contributed by atoms with E-state index in [-0.39, 0.29) is 23.9 Å². The van der Waals surface area contributed by atoms with E-state index in [2.05, 4.69) is 15.5 Å². The molecule has 1 heterocycles. The lowest BCUT2D eigenvalue weighted by atomic mass is 10.2. The van der Waals surface area contributed by atoms with Gasteiger partial charge in [0.15, 0.2) is 0 Å². The van der Waals surface area contributed by atoms with Crippen LogP contribution in [-0.2, 0) is 16.0 Å². The van der Waals surface area contributed by atoms with Crippen molar-refractivity contribution in [3.8, 4) is 11.5 Å². The Morgan fingerprint density at radius 1 is 1.21 bits per heavy atom. The maximum absolute atomic E-state index is 11.5. The first-order chi connectivity index (χ1) is 15.9. The quantitative estimate of drug-likeness (QED) is 0.197. The summed E-state index contributed by atoms with van der Waals surface area (Å²) in [7, 11) is 0. The van der Waals surface area contributed by atoms with Crippen molar-refractivity contribution in [1.29, 1.82) is 0 Å². The highest BCUT2D eigenvalue weighted by atomic mass is 32.1. The van der Waals surface area contributed by atoms with E-state index in [1.165, 1.54) is 23.6 Å². The summed E-state index contributed by atoms with van der Waals surface area (Å²) in [5.74, 6) is -0.209. The molecule has 3 rings (SSSR count). The van der Waals surface area contributed by atoms with Crippen LogP contribution in [-0.4, -0.2) is 33.6 Å². The second-order valence-corrected chi connectivity index (χ2v) is 7.19. The van der Waals surface area contributed by atoms with Crippen LogP contribution in [0.3, 0.4) is 0 Å². The number of nitrogens with zero attached hydrogens (tertiary/aromatic N) is 4. The van der Waals surface area contributed by atoms with E-state index in [1.54, 1.807) is 36.6 Å². The maximum Gasteiger partial charge on any atom is 0.318 e. The minimum atomic E-state index is -0.748. The first-order valence-electron chi connectivity index (χ1n) is 9.45. The van der Waals surface area contributed by atoms with Crippen molar-refractivity contribution in [3.05, 3.63) is 79.3 Å². The number of ether oxygens (including phenoxy) is 2. The zero-order chi connectivity index (χ0) is 23.8. The van der Waals surface area contributed by atoms with Crippen LogP contribution in [0.25, 0.3) is 0 Å². The number of aromatic nitrogens is 1. The molecular weight excluding hydrogens is 454 g/mol. The first kappa shape index (κ1) is 23.3. The Labute approximate surface area is 190 Å². The van der Waals surface area contributed by atoms with Crippen molar-refractivity contribution in [1.82, 2.24) is 4.98 Å². The lowest BCUT2D eigenvalue weighted by Crippen LogP contribution is -2.07. The summed E-state index contributed by atoms with van der Waals surface area (Å²) in [4.78, 5) is 36.4. The molecule has 0 aliphatic carbocycles. The third-order valence-corrected chi connectivity index (χ3v) is 4.79. The summed E-state index contributed by atoms with van der Waals surface area (Å²) in [5, 5.41) is 28.4. The van der Waals surface area contributed by atoms with Gasteiger partial charge in [-0.15, -0.1) is 11.3 Å². The second-order valence-electron chi connectivity index (χ2n) is 6.34. The predicted molar refractivity (Wildman–Crippen MR) is 120 cm³/mol. The molecule has 12 nitrogen and oxygen atoms in total. The molecule has 2 aromatic carbocycles. The van der Waals surface area contributed by atoms with Gasteiger partial charge in [-0.1, -0.05) is 12.1 Å².